The van der Waals surface area contributed by atoms with Crippen LogP contribution in [0.4, 0.5) is 0 Å². The third-order valence-electron chi connectivity index (χ3n) is 5.02. The number of carbonyl (C=O) groups is 2. The molecule has 29 heavy (non-hydrogen) atoms. The molecule has 0 aliphatic rings. The summed E-state index contributed by atoms with van der Waals surface area (Å²) in [5.41, 5.74) is 5.53. The fourth-order valence-corrected chi connectivity index (χ4v) is 3.27. The molecule has 1 aromatic rings. The summed E-state index contributed by atoms with van der Waals surface area (Å²) in [5.74, 6) is -0.650. The Morgan fingerprint density at radius 2 is 1.38 bits per heavy atom. The van der Waals surface area contributed by atoms with E-state index in [2.05, 4.69) is 19.1 Å². The predicted molar refractivity (Wildman–Crippen MR) is 120 cm³/mol. The molecule has 2 N–H and O–H groups in total. The van der Waals surface area contributed by atoms with Gasteiger partial charge in [-0.2, -0.15) is 0 Å². The molecule has 0 radical (unpaired) electrons. The Labute approximate surface area is 176 Å². The Morgan fingerprint density at radius 3 is 2.00 bits per heavy atom. The average Bonchev–Trinajstić information content (AvgIpc) is 2.71. The van der Waals surface area contributed by atoms with Gasteiger partial charge in [-0.1, -0.05) is 82.6 Å². The van der Waals surface area contributed by atoms with Gasteiger partial charge in [-0.3, -0.25) is 9.59 Å². The number of amides is 1. The minimum Gasteiger partial charge on any atom is -0.426 e. The van der Waals surface area contributed by atoms with Crippen LogP contribution in [0.5, 0.6) is 5.75 Å². The smallest absolute Gasteiger partial charge is 0.311 e. The van der Waals surface area contributed by atoms with Crippen LogP contribution in [0, 0.1) is 0 Å². The third-order valence-corrected chi connectivity index (χ3v) is 5.02. The first-order chi connectivity index (χ1) is 14.1. The summed E-state index contributed by atoms with van der Waals surface area (Å²) in [7, 11) is 0. The number of esters is 1. The topological polar surface area (TPSA) is 69.4 Å². The standard InChI is InChI=1S/C25H39NO3/c1-2-3-4-5-6-7-8-9-10-11-12-13-14-15-16-21-24(27)29-23-20-18-17-19-22(23)25(26)28/h9-10,17-20H,2-8,11-16,21H2,1H3,(H2,26,28). The zero-order valence-electron chi connectivity index (χ0n) is 18.2. The summed E-state index contributed by atoms with van der Waals surface area (Å²) < 4.78 is 5.28. The van der Waals surface area contributed by atoms with Gasteiger partial charge in [0, 0.05) is 6.42 Å². The lowest BCUT2D eigenvalue weighted by molar-refractivity contribution is -0.134. The Hall–Kier alpha value is -2.10. The maximum absolute atomic E-state index is 11.9. The van der Waals surface area contributed by atoms with E-state index in [9.17, 15) is 9.59 Å². The number of para-hydroxylation sites is 1. The van der Waals surface area contributed by atoms with Crippen LogP contribution in [0.1, 0.15) is 107 Å². The lowest BCUT2D eigenvalue weighted by Crippen LogP contribution is -2.15. The van der Waals surface area contributed by atoms with E-state index in [0.717, 1.165) is 25.7 Å². The van der Waals surface area contributed by atoms with Crippen molar-refractivity contribution in [1.82, 2.24) is 0 Å². The van der Waals surface area contributed by atoms with Crippen molar-refractivity contribution in [3.63, 3.8) is 0 Å². The number of nitrogens with two attached hydrogens (primary N) is 1. The summed E-state index contributed by atoms with van der Waals surface area (Å²) in [5, 5.41) is 0. The van der Waals surface area contributed by atoms with E-state index in [4.69, 9.17) is 10.5 Å². The van der Waals surface area contributed by atoms with E-state index >= 15 is 0 Å². The molecule has 162 valence electrons. The zero-order chi connectivity index (χ0) is 21.2. The molecule has 0 aliphatic heterocycles. The van der Waals surface area contributed by atoms with Crippen molar-refractivity contribution in [2.24, 2.45) is 5.73 Å². The highest BCUT2D eigenvalue weighted by Crippen LogP contribution is 2.18. The lowest BCUT2D eigenvalue weighted by Gasteiger charge is -2.07. The first-order valence-corrected chi connectivity index (χ1v) is 11.4. The Morgan fingerprint density at radius 1 is 0.828 bits per heavy atom. The highest BCUT2D eigenvalue weighted by atomic mass is 16.5. The van der Waals surface area contributed by atoms with Crippen molar-refractivity contribution in [2.75, 3.05) is 0 Å². The van der Waals surface area contributed by atoms with Gasteiger partial charge in [0.25, 0.3) is 5.91 Å². The molecule has 0 saturated carbocycles. The second-order valence-electron chi connectivity index (χ2n) is 7.67. The Balaban J connectivity index is 1.97. The van der Waals surface area contributed by atoms with Crippen molar-refractivity contribution >= 4 is 11.9 Å². The summed E-state index contributed by atoms with van der Waals surface area (Å²) in [6.45, 7) is 2.25. The van der Waals surface area contributed by atoms with Crippen LogP contribution >= 0.6 is 0 Å². The number of unbranched alkanes of at least 4 members (excludes halogenated alkanes) is 11. The highest BCUT2D eigenvalue weighted by molar-refractivity contribution is 5.96. The van der Waals surface area contributed by atoms with E-state index in [0.29, 0.717) is 6.42 Å². The number of allylic oxidation sites excluding steroid dienone is 2. The normalized spacial score (nSPS) is 11.1. The second-order valence-corrected chi connectivity index (χ2v) is 7.67. The minimum atomic E-state index is -0.588. The molecular formula is C25H39NO3. The Kier molecular flexibility index (Phi) is 14.5. The summed E-state index contributed by atoms with van der Waals surface area (Å²) in [6, 6.07) is 6.57. The van der Waals surface area contributed by atoms with Crippen LogP contribution in [0.2, 0.25) is 0 Å². The summed E-state index contributed by atoms with van der Waals surface area (Å²) in [4.78, 5) is 23.3. The van der Waals surface area contributed by atoms with Crippen LogP contribution in [0.3, 0.4) is 0 Å². The first kappa shape index (κ1) is 24.9. The van der Waals surface area contributed by atoms with E-state index in [1.165, 1.54) is 57.8 Å². The SMILES string of the molecule is CCCCCCCCC=CCCCCCCCC(=O)Oc1ccccc1C(N)=O. The van der Waals surface area contributed by atoms with Gasteiger partial charge in [-0.15, -0.1) is 0 Å². The van der Waals surface area contributed by atoms with Crippen molar-refractivity contribution in [3.8, 4) is 5.75 Å². The largest absolute Gasteiger partial charge is 0.426 e. The van der Waals surface area contributed by atoms with Gasteiger partial charge < -0.3 is 10.5 Å². The molecule has 4 heteroatoms. The number of hydrogen-bond acceptors (Lipinski definition) is 3. The van der Waals surface area contributed by atoms with Crippen LogP contribution in [0.25, 0.3) is 0 Å². The van der Waals surface area contributed by atoms with Crippen molar-refractivity contribution in [2.45, 2.75) is 96.8 Å². The molecule has 1 aromatic carbocycles. The molecule has 0 unspecified atom stereocenters. The van der Waals surface area contributed by atoms with Gasteiger partial charge in [0.05, 0.1) is 5.56 Å². The fraction of sp³-hybridized carbons (Fsp3) is 0.600. The average molecular weight is 402 g/mol. The molecule has 0 fully saturated rings. The minimum absolute atomic E-state index is 0.241. The van der Waals surface area contributed by atoms with Crippen molar-refractivity contribution in [3.05, 3.63) is 42.0 Å². The molecule has 4 nitrogen and oxygen atoms in total. The van der Waals surface area contributed by atoms with Crippen LogP contribution in [-0.4, -0.2) is 11.9 Å². The number of hydrogen-bond donors (Lipinski definition) is 1. The van der Waals surface area contributed by atoms with E-state index in [-0.39, 0.29) is 17.3 Å². The predicted octanol–water partition coefficient (Wildman–Crippen LogP) is 6.73. The fourth-order valence-electron chi connectivity index (χ4n) is 3.27. The number of primary amides is 1. The van der Waals surface area contributed by atoms with Crippen LogP contribution in [-0.2, 0) is 4.79 Å². The van der Waals surface area contributed by atoms with Crippen molar-refractivity contribution in [1.29, 1.82) is 0 Å². The molecule has 0 atom stereocenters. The molecule has 0 aromatic heterocycles. The van der Waals surface area contributed by atoms with E-state index in [1.54, 1.807) is 24.3 Å². The molecule has 0 heterocycles. The monoisotopic (exact) mass is 401 g/mol. The van der Waals surface area contributed by atoms with Crippen LogP contribution < -0.4 is 10.5 Å². The van der Waals surface area contributed by atoms with Gasteiger partial charge >= 0.3 is 5.97 Å². The number of benzene rings is 1. The number of ether oxygens (including phenoxy) is 1. The Bertz CT molecular complexity index is 610. The van der Waals surface area contributed by atoms with Gasteiger partial charge in [0.15, 0.2) is 0 Å². The molecule has 1 amide bonds. The maximum atomic E-state index is 11.9. The molecule has 1 rings (SSSR count). The summed E-state index contributed by atoms with van der Waals surface area (Å²) >= 11 is 0. The quantitative estimate of drug-likeness (QED) is 0.136. The van der Waals surface area contributed by atoms with Gasteiger partial charge in [-0.25, -0.2) is 0 Å². The number of rotatable bonds is 17. The molecular weight excluding hydrogens is 362 g/mol. The third kappa shape index (κ3) is 12.9. The molecule has 0 aliphatic carbocycles. The van der Waals surface area contributed by atoms with Crippen LogP contribution in [0.15, 0.2) is 36.4 Å². The maximum Gasteiger partial charge on any atom is 0.311 e. The van der Waals surface area contributed by atoms with Crippen molar-refractivity contribution < 1.29 is 14.3 Å². The number of carbonyl (C=O) groups excluding carboxylic acids is 2. The zero-order valence-corrected chi connectivity index (χ0v) is 18.2. The first-order valence-electron chi connectivity index (χ1n) is 11.4. The second kappa shape index (κ2) is 16.8. The highest BCUT2D eigenvalue weighted by Gasteiger charge is 2.12. The van der Waals surface area contributed by atoms with E-state index < -0.39 is 5.91 Å². The molecule has 0 spiro atoms. The molecule has 0 bridgehead atoms. The lowest BCUT2D eigenvalue weighted by atomic mass is 10.1. The van der Waals surface area contributed by atoms with E-state index in [1.807, 2.05) is 0 Å². The van der Waals surface area contributed by atoms with Gasteiger partial charge in [0.2, 0.25) is 0 Å². The summed E-state index contributed by atoms with van der Waals surface area (Å²) in [6.07, 6.45) is 20.9. The molecule has 0 saturated heterocycles. The van der Waals surface area contributed by atoms with Gasteiger partial charge in [-0.05, 0) is 44.2 Å². The van der Waals surface area contributed by atoms with Gasteiger partial charge in [0.1, 0.15) is 5.75 Å².